The number of halogens is 1. The Morgan fingerprint density at radius 2 is 2.56 bits per heavy atom. The van der Waals surface area contributed by atoms with Gasteiger partial charge in [-0.05, 0) is 12.5 Å². The van der Waals surface area contributed by atoms with Crippen molar-refractivity contribution in [2.24, 2.45) is 5.92 Å². The highest BCUT2D eigenvalue weighted by Gasteiger charge is 2.17. The second kappa shape index (κ2) is 5.27. The van der Waals surface area contributed by atoms with Crippen LogP contribution in [0.15, 0.2) is 18.5 Å². The van der Waals surface area contributed by atoms with Crippen molar-refractivity contribution in [1.82, 2.24) is 10.3 Å². The molecule has 2 rings (SSSR count). The monoisotopic (exact) mass is 240 g/mol. The summed E-state index contributed by atoms with van der Waals surface area (Å²) in [6.45, 7) is 2.15. The fourth-order valence-electron chi connectivity index (χ4n) is 1.64. The molecule has 0 spiro atoms. The SMILES string of the molecule is O=C(NCC1CCOC1)c1ccncc1Cl. The first-order chi connectivity index (χ1) is 7.77. The third-order valence-electron chi connectivity index (χ3n) is 2.59. The molecule has 0 radical (unpaired) electrons. The van der Waals surface area contributed by atoms with Crippen molar-refractivity contribution in [3.8, 4) is 0 Å². The zero-order valence-corrected chi connectivity index (χ0v) is 9.54. The molecule has 1 aromatic heterocycles. The largest absolute Gasteiger partial charge is 0.381 e. The highest BCUT2D eigenvalue weighted by molar-refractivity contribution is 6.33. The average Bonchev–Trinajstić information content (AvgIpc) is 2.79. The van der Waals surface area contributed by atoms with Gasteiger partial charge >= 0.3 is 0 Å². The third kappa shape index (κ3) is 2.71. The van der Waals surface area contributed by atoms with Crippen molar-refractivity contribution >= 4 is 17.5 Å². The van der Waals surface area contributed by atoms with Crippen LogP contribution in [-0.2, 0) is 4.74 Å². The summed E-state index contributed by atoms with van der Waals surface area (Å²) in [5.41, 5.74) is 0.468. The lowest BCUT2D eigenvalue weighted by Gasteiger charge is -2.09. The Balaban J connectivity index is 1.90. The van der Waals surface area contributed by atoms with Crippen LogP contribution in [0.2, 0.25) is 5.02 Å². The van der Waals surface area contributed by atoms with Crippen molar-refractivity contribution in [3.05, 3.63) is 29.0 Å². The molecule has 0 aromatic carbocycles. The van der Waals surface area contributed by atoms with Crippen LogP contribution in [0, 0.1) is 5.92 Å². The van der Waals surface area contributed by atoms with E-state index in [1.165, 1.54) is 6.20 Å². The Morgan fingerprint density at radius 1 is 1.69 bits per heavy atom. The normalized spacial score (nSPS) is 19.7. The number of pyridine rings is 1. The third-order valence-corrected chi connectivity index (χ3v) is 2.89. The summed E-state index contributed by atoms with van der Waals surface area (Å²) in [5.74, 6) is 0.267. The highest BCUT2D eigenvalue weighted by atomic mass is 35.5. The zero-order valence-electron chi connectivity index (χ0n) is 8.78. The van der Waals surface area contributed by atoms with Crippen LogP contribution >= 0.6 is 11.6 Å². The van der Waals surface area contributed by atoms with Gasteiger partial charge in [-0.2, -0.15) is 0 Å². The topological polar surface area (TPSA) is 51.2 Å². The van der Waals surface area contributed by atoms with Crippen LogP contribution in [0.3, 0.4) is 0 Å². The summed E-state index contributed by atoms with van der Waals surface area (Å²) in [6.07, 6.45) is 4.03. The number of aromatic nitrogens is 1. The van der Waals surface area contributed by atoms with Crippen molar-refractivity contribution in [2.45, 2.75) is 6.42 Å². The molecule has 4 nitrogen and oxygen atoms in total. The molecule has 1 N–H and O–H groups in total. The minimum absolute atomic E-state index is 0.153. The average molecular weight is 241 g/mol. The molecule has 5 heteroatoms. The first-order valence-electron chi connectivity index (χ1n) is 5.23. The van der Waals surface area contributed by atoms with E-state index in [-0.39, 0.29) is 5.91 Å². The maximum Gasteiger partial charge on any atom is 0.252 e. The summed E-state index contributed by atoms with van der Waals surface area (Å²) >= 11 is 5.87. The Bertz CT molecular complexity index is 378. The number of nitrogens with one attached hydrogen (secondary N) is 1. The van der Waals surface area contributed by atoms with E-state index in [2.05, 4.69) is 10.3 Å². The summed E-state index contributed by atoms with van der Waals surface area (Å²) in [6, 6.07) is 1.61. The van der Waals surface area contributed by atoms with E-state index in [1.807, 2.05) is 0 Å². The lowest BCUT2D eigenvalue weighted by molar-refractivity contribution is 0.0945. The van der Waals surface area contributed by atoms with Crippen LogP contribution in [0.4, 0.5) is 0 Å². The molecule has 2 heterocycles. The Labute approximate surface area is 99.0 Å². The number of amides is 1. The predicted octanol–water partition coefficient (Wildman–Crippen LogP) is 1.50. The standard InChI is InChI=1S/C11H13ClN2O2/c12-10-6-13-3-1-9(10)11(15)14-5-8-2-4-16-7-8/h1,3,6,8H,2,4-5,7H2,(H,14,15). The smallest absolute Gasteiger partial charge is 0.252 e. The van der Waals surface area contributed by atoms with Gasteiger partial charge in [0.15, 0.2) is 0 Å². The molecule has 86 valence electrons. The predicted molar refractivity (Wildman–Crippen MR) is 60.5 cm³/mol. The molecule has 0 saturated carbocycles. The van der Waals surface area contributed by atoms with Gasteiger partial charge in [0.05, 0.1) is 17.2 Å². The van der Waals surface area contributed by atoms with E-state index in [0.717, 1.165) is 19.6 Å². The quantitative estimate of drug-likeness (QED) is 0.871. The number of rotatable bonds is 3. The number of hydrogen-bond donors (Lipinski definition) is 1. The lowest BCUT2D eigenvalue weighted by atomic mass is 10.1. The van der Waals surface area contributed by atoms with E-state index in [4.69, 9.17) is 16.3 Å². The van der Waals surface area contributed by atoms with Crippen molar-refractivity contribution in [2.75, 3.05) is 19.8 Å². The summed E-state index contributed by atoms with van der Waals surface area (Å²) in [7, 11) is 0. The molecule has 0 aliphatic carbocycles. The van der Waals surface area contributed by atoms with Gasteiger partial charge in [0.1, 0.15) is 0 Å². The van der Waals surface area contributed by atoms with Gasteiger partial charge in [-0.1, -0.05) is 11.6 Å². The maximum atomic E-state index is 11.8. The number of hydrogen-bond acceptors (Lipinski definition) is 3. The molecule has 16 heavy (non-hydrogen) atoms. The summed E-state index contributed by atoms with van der Waals surface area (Å²) < 4.78 is 5.23. The lowest BCUT2D eigenvalue weighted by Crippen LogP contribution is -2.29. The van der Waals surface area contributed by atoms with Gasteiger partial charge in [-0.25, -0.2) is 0 Å². The first kappa shape index (κ1) is 11.4. The Hall–Kier alpha value is -1.13. The number of nitrogens with zero attached hydrogens (tertiary/aromatic N) is 1. The van der Waals surface area contributed by atoms with Gasteiger partial charge < -0.3 is 10.1 Å². The molecule has 0 bridgehead atoms. The van der Waals surface area contributed by atoms with Gasteiger partial charge in [0.25, 0.3) is 5.91 Å². The van der Waals surface area contributed by atoms with E-state index in [1.54, 1.807) is 12.3 Å². The van der Waals surface area contributed by atoms with E-state index in [0.29, 0.717) is 23.0 Å². The molecular formula is C11H13ClN2O2. The molecule has 1 aliphatic heterocycles. The van der Waals surface area contributed by atoms with Gasteiger partial charge in [0, 0.05) is 31.5 Å². The zero-order chi connectivity index (χ0) is 11.4. The van der Waals surface area contributed by atoms with Crippen LogP contribution in [0.1, 0.15) is 16.8 Å². The summed E-state index contributed by atoms with van der Waals surface area (Å²) in [5, 5.41) is 3.23. The fraction of sp³-hybridized carbons (Fsp3) is 0.455. The summed E-state index contributed by atoms with van der Waals surface area (Å²) in [4.78, 5) is 15.6. The minimum atomic E-state index is -0.153. The van der Waals surface area contributed by atoms with Crippen LogP contribution < -0.4 is 5.32 Å². The van der Waals surface area contributed by atoms with E-state index < -0.39 is 0 Å². The van der Waals surface area contributed by atoms with Gasteiger partial charge in [-0.3, -0.25) is 9.78 Å². The van der Waals surface area contributed by atoms with Crippen LogP contribution in [-0.4, -0.2) is 30.6 Å². The van der Waals surface area contributed by atoms with E-state index >= 15 is 0 Å². The Morgan fingerprint density at radius 3 is 3.25 bits per heavy atom. The molecule has 1 saturated heterocycles. The number of ether oxygens (including phenoxy) is 1. The number of carbonyl (C=O) groups excluding carboxylic acids is 1. The molecule has 1 unspecified atom stereocenters. The molecule has 1 aliphatic rings. The molecular weight excluding hydrogens is 228 g/mol. The molecule has 1 aromatic rings. The number of carbonyl (C=O) groups is 1. The first-order valence-corrected chi connectivity index (χ1v) is 5.60. The maximum absolute atomic E-state index is 11.8. The molecule has 1 amide bonds. The van der Waals surface area contributed by atoms with Crippen molar-refractivity contribution < 1.29 is 9.53 Å². The second-order valence-corrected chi connectivity index (χ2v) is 4.20. The van der Waals surface area contributed by atoms with Crippen LogP contribution in [0.5, 0.6) is 0 Å². The fourth-order valence-corrected chi connectivity index (χ4v) is 1.84. The van der Waals surface area contributed by atoms with Crippen molar-refractivity contribution in [1.29, 1.82) is 0 Å². The Kier molecular flexibility index (Phi) is 3.74. The van der Waals surface area contributed by atoms with Gasteiger partial charge in [0.2, 0.25) is 0 Å². The molecule has 1 fully saturated rings. The second-order valence-electron chi connectivity index (χ2n) is 3.80. The molecule has 1 atom stereocenters. The minimum Gasteiger partial charge on any atom is -0.381 e. The highest BCUT2D eigenvalue weighted by Crippen LogP contribution is 2.14. The van der Waals surface area contributed by atoms with Gasteiger partial charge in [-0.15, -0.1) is 0 Å². The van der Waals surface area contributed by atoms with E-state index in [9.17, 15) is 4.79 Å². The van der Waals surface area contributed by atoms with Crippen LogP contribution in [0.25, 0.3) is 0 Å². The van der Waals surface area contributed by atoms with Crippen molar-refractivity contribution in [3.63, 3.8) is 0 Å².